The molecule has 0 aliphatic carbocycles. The highest BCUT2D eigenvalue weighted by Gasteiger charge is 2.19. The topological polar surface area (TPSA) is 107 Å². The summed E-state index contributed by atoms with van der Waals surface area (Å²) < 4.78 is 3.48. The Hall–Kier alpha value is -2.36. The molecule has 0 saturated carbocycles. The smallest absolute Gasteiger partial charge is 0.220 e. The van der Waals surface area contributed by atoms with Gasteiger partial charge in [-0.1, -0.05) is 6.92 Å². The van der Waals surface area contributed by atoms with E-state index in [4.69, 9.17) is 0 Å². The van der Waals surface area contributed by atoms with Gasteiger partial charge in [0, 0.05) is 20.0 Å². The largest absolute Gasteiger partial charge is 0.346 e. The van der Waals surface area contributed by atoms with E-state index in [1.54, 1.807) is 4.68 Å². The van der Waals surface area contributed by atoms with Crippen LogP contribution in [0.2, 0.25) is 0 Å². The highest BCUT2D eigenvalue weighted by atomic mass is 16.1. The first-order valence-corrected chi connectivity index (χ1v) is 9.63. The van der Waals surface area contributed by atoms with Gasteiger partial charge >= 0.3 is 0 Å². The van der Waals surface area contributed by atoms with Crippen molar-refractivity contribution >= 4 is 5.91 Å². The average molecular weight is 375 g/mol. The summed E-state index contributed by atoms with van der Waals surface area (Å²) in [4.78, 5) is 18.7. The lowest BCUT2D eigenvalue weighted by atomic mass is 9.99. The van der Waals surface area contributed by atoms with E-state index in [0.717, 1.165) is 37.2 Å². The molecule has 10 heteroatoms. The monoisotopic (exact) mass is 375 g/mol. The van der Waals surface area contributed by atoms with Crippen LogP contribution in [0, 0.1) is 5.92 Å². The zero-order valence-corrected chi connectivity index (χ0v) is 16.4. The third-order valence-electron chi connectivity index (χ3n) is 5.13. The number of carbonyl (C=O) groups is 1. The van der Waals surface area contributed by atoms with Crippen molar-refractivity contribution in [1.29, 1.82) is 0 Å². The normalized spacial score (nSPS) is 17.1. The van der Waals surface area contributed by atoms with Gasteiger partial charge in [0.25, 0.3) is 0 Å². The van der Waals surface area contributed by atoms with Gasteiger partial charge in [-0.05, 0) is 55.6 Å². The fourth-order valence-electron chi connectivity index (χ4n) is 3.40. The van der Waals surface area contributed by atoms with Crippen molar-refractivity contribution in [3.63, 3.8) is 0 Å². The fourth-order valence-corrected chi connectivity index (χ4v) is 3.40. The lowest BCUT2D eigenvalue weighted by Crippen LogP contribution is -2.33. The fraction of sp³-hybridized carbons (Fsp3) is 0.765. The molecule has 0 spiro atoms. The Balaban J connectivity index is 1.42. The molecular formula is C17H29N9O. The van der Waals surface area contributed by atoms with Gasteiger partial charge in [0.05, 0.1) is 12.6 Å². The quantitative estimate of drug-likeness (QED) is 0.723. The molecule has 1 atom stereocenters. The van der Waals surface area contributed by atoms with Crippen molar-refractivity contribution in [2.75, 3.05) is 13.1 Å². The first kappa shape index (κ1) is 19.4. The number of aromatic nitrogens is 7. The van der Waals surface area contributed by atoms with E-state index in [1.807, 2.05) is 18.7 Å². The number of likely N-dealkylation sites (tertiary alicyclic amines) is 1. The molecule has 1 N–H and O–H groups in total. The molecule has 1 unspecified atom stereocenters. The Morgan fingerprint density at radius 1 is 1.37 bits per heavy atom. The van der Waals surface area contributed by atoms with Crippen LogP contribution in [0.15, 0.2) is 6.33 Å². The summed E-state index contributed by atoms with van der Waals surface area (Å²) in [5, 5.41) is 19.0. The summed E-state index contributed by atoms with van der Waals surface area (Å²) in [7, 11) is 1.81. The minimum Gasteiger partial charge on any atom is -0.346 e. The van der Waals surface area contributed by atoms with Gasteiger partial charge in [0.15, 0.2) is 5.82 Å². The number of hydrogen-bond acceptors (Lipinski definition) is 7. The molecule has 2 aromatic heterocycles. The Morgan fingerprint density at radius 2 is 2.15 bits per heavy atom. The maximum atomic E-state index is 12.2. The van der Waals surface area contributed by atoms with Crippen molar-refractivity contribution in [3.05, 3.63) is 18.0 Å². The summed E-state index contributed by atoms with van der Waals surface area (Å²) in [6.07, 6.45) is 5.05. The zero-order chi connectivity index (χ0) is 19.2. The van der Waals surface area contributed by atoms with Crippen molar-refractivity contribution in [3.8, 4) is 0 Å². The highest BCUT2D eigenvalue weighted by molar-refractivity contribution is 5.76. The summed E-state index contributed by atoms with van der Waals surface area (Å²) in [6.45, 7) is 7.80. The van der Waals surface area contributed by atoms with Crippen molar-refractivity contribution in [1.82, 2.24) is 45.2 Å². The van der Waals surface area contributed by atoms with E-state index in [0.29, 0.717) is 19.4 Å². The molecule has 0 radical (unpaired) electrons. The molecule has 3 heterocycles. The van der Waals surface area contributed by atoms with Crippen molar-refractivity contribution < 1.29 is 4.79 Å². The van der Waals surface area contributed by atoms with Crippen LogP contribution in [0.3, 0.4) is 0 Å². The Labute approximate surface area is 159 Å². The average Bonchev–Trinajstić information content (AvgIpc) is 3.26. The van der Waals surface area contributed by atoms with E-state index in [1.165, 1.54) is 19.2 Å². The zero-order valence-electron chi connectivity index (χ0n) is 16.4. The molecular weight excluding hydrogens is 346 g/mol. The number of nitrogens with zero attached hydrogens (tertiary/aromatic N) is 8. The minimum absolute atomic E-state index is 0.00913. The number of amides is 1. The number of carbonyl (C=O) groups excluding carboxylic acids is 1. The summed E-state index contributed by atoms with van der Waals surface area (Å²) >= 11 is 0. The molecule has 0 bridgehead atoms. The standard InChI is InChI=1S/C17H29N9O/c1-13-6-9-25(10-7-13)11-15-21-22-23-26(15)8-4-5-16(27)20-14(2)17-18-12-19-24(17)3/h12-14H,4-11H2,1-3H3,(H,20,27). The molecule has 10 nitrogen and oxygen atoms in total. The van der Waals surface area contributed by atoms with Crippen LogP contribution in [-0.2, 0) is 24.9 Å². The van der Waals surface area contributed by atoms with Gasteiger partial charge in [0.1, 0.15) is 12.2 Å². The molecule has 2 aromatic rings. The van der Waals surface area contributed by atoms with Crippen LogP contribution in [0.4, 0.5) is 0 Å². The Bertz CT molecular complexity index is 732. The van der Waals surface area contributed by atoms with E-state index < -0.39 is 0 Å². The maximum absolute atomic E-state index is 12.2. The lowest BCUT2D eigenvalue weighted by Gasteiger charge is -2.29. The summed E-state index contributed by atoms with van der Waals surface area (Å²) in [5.41, 5.74) is 0. The molecule has 3 rings (SSSR count). The lowest BCUT2D eigenvalue weighted by molar-refractivity contribution is -0.121. The highest BCUT2D eigenvalue weighted by Crippen LogP contribution is 2.17. The third kappa shape index (κ3) is 5.31. The van der Waals surface area contributed by atoms with E-state index in [9.17, 15) is 4.79 Å². The molecule has 1 saturated heterocycles. The van der Waals surface area contributed by atoms with Gasteiger partial charge < -0.3 is 5.32 Å². The van der Waals surface area contributed by atoms with Crippen molar-refractivity contribution in [2.45, 2.75) is 58.7 Å². The maximum Gasteiger partial charge on any atom is 0.220 e. The van der Waals surface area contributed by atoms with Crippen LogP contribution >= 0.6 is 0 Å². The predicted octanol–water partition coefficient (Wildman–Crippen LogP) is 0.691. The van der Waals surface area contributed by atoms with Crippen LogP contribution in [0.25, 0.3) is 0 Å². The molecule has 148 valence electrons. The van der Waals surface area contributed by atoms with Crippen molar-refractivity contribution in [2.24, 2.45) is 13.0 Å². The molecule has 1 aliphatic rings. The first-order chi connectivity index (χ1) is 13.0. The first-order valence-electron chi connectivity index (χ1n) is 9.63. The number of tetrazole rings is 1. The minimum atomic E-state index is -0.171. The number of piperidine rings is 1. The second-order valence-electron chi connectivity index (χ2n) is 7.41. The number of rotatable bonds is 8. The van der Waals surface area contributed by atoms with Crippen LogP contribution in [0.1, 0.15) is 57.2 Å². The third-order valence-corrected chi connectivity index (χ3v) is 5.13. The molecule has 27 heavy (non-hydrogen) atoms. The SMILES string of the molecule is CC1CCN(Cc2nnnn2CCCC(=O)NC(C)c2ncnn2C)CC1. The van der Waals surface area contributed by atoms with E-state index in [2.05, 4.69) is 42.7 Å². The van der Waals surface area contributed by atoms with Gasteiger partial charge in [-0.3, -0.25) is 14.4 Å². The number of aryl methyl sites for hydroxylation is 2. The number of nitrogens with one attached hydrogen (secondary N) is 1. The Morgan fingerprint density at radius 3 is 2.85 bits per heavy atom. The van der Waals surface area contributed by atoms with E-state index >= 15 is 0 Å². The van der Waals surface area contributed by atoms with E-state index in [-0.39, 0.29) is 11.9 Å². The van der Waals surface area contributed by atoms with Crippen LogP contribution < -0.4 is 5.32 Å². The van der Waals surface area contributed by atoms with Gasteiger partial charge in [0.2, 0.25) is 5.91 Å². The second-order valence-corrected chi connectivity index (χ2v) is 7.41. The number of hydrogen-bond donors (Lipinski definition) is 1. The second kappa shape index (κ2) is 9.03. The van der Waals surface area contributed by atoms with Gasteiger partial charge in [-0.25, -0.2) is 9.67 Å². The predicted molar refractivity (Wildman–Crippen MR) is 98.3 cm³/mol. The van der Waals surface area contributed by atoms with Gasteiger partial charge in [-0.15, -0.1) is 5.10 Å². The molecule has 1 amide bonds. The van der Waals surface area contributed by atoms with Crippen LogP contribution in [0.5, 0.6) is 0 Å². The van der Waals surface area contributed by atoms with Gasteiger partial charge in [-0.2, -0.15) is 5.10 Å². The Kier molecular flexibility index (Phi) is 6.49. The summed E-state index contributed by atoms with van der Waals surface area (Å²) in [6, 6.07) is -0.171. The van der Waals surface area contributed by atoms with Crippen LogP contribution in [-0.4, -0.2) is 58.9 Å². The summed E-state index contributed by atoms with van der Waals surface area (Å²) in [5.74, 6) is 2.41. The molecule has 0 aromatic carbocycles. The molecule has 1 fully saturated rings. The molecule has 1 aliphatic heterocycles.